The lowest BCUT2D eigenvalue weighted by atomic mass is 10.3. The van der Waals surface area contributed by atoms with E-state index in [0.29, 0.717) is 5.82 Å². The second-order valence-corrected chi connectivity index (χ2v) is 2.77. The van der Waals surface area contributed by atoms with E-state index in [1.807, 2.05) is 13.0 Å². The highest BCUT2D eigenvalue weighted by Gasteiger charge is 1.98. The molecule has 0 radical (unpaired) electrons. The zero-order chi connectivity index (χ0) is 7.56. The molecule has 4 heteroatoms. The Morgan fingerprint density at radius 3 is 2.90 bits per heavy atom. The number of aromatic nitrogens is 1. The molecule has 0 spiro atoms. The molecule has 3 N–H and O–H groups in total. The van der Waals surface area contributed by atoms with Crippen molar-refractivity contribution in [1.82, 2.24) is 4.98 Å². The number of nitrogens with one attached hydrogen (secondary N) is 1. The first-order valence-electron chi connectivity index (χ1n) is 2.83. The largest absolute Gasteiger partial charge is 0.308 e. The Balaban J connectivity index is 3.14. The molecule has 0 saturated carbocycles. The monoisotopic (exact) mass is 201 g/mol. The van der Waals surface area contributed by atoms with Gasteiger partial charge < -0.3 is 5.43 Å². The Bertz CT molecular complexity index is 236. The highest BCUT2D eigenvalue weighted by Crippen LogP contribution is 2.19. The van der Waals surface area contributed by atoms with Crippen molar-refractivity contribution in [2.75, 3.05) is 5.43 Å². The second-order valence-electron chi connectivity index (χ2n) is 1.91. The standard InChI is InChI=1S/C6H8BrN3/c1-4-5(7)2-3-9-6(4)10-8/h2-3H,8H2,1H3,(H,9,10). The molecule has 1 rings (SSSR count). The predicted octanol–water partition coefficient (Wildman–Crippen LogP) is 1.44. The molecule has 0 unspecified atom stereocenters. The molecular formula is C6H8BrN3. The van der Waals surface area contributed by atoms with E-state index < -0.39 is 0 Å². The van der Waals surface area contributed by atoms with Gasteiger partial charge in [-0.3, -0.25) is 0 Å². The molecule has 0 bridgehead atoms. The molecule has 3 nitrogen and oxygen atoms in total. The van der Waals surface area contributed by atoms with E-state index in [1.165, 1.54) is 0 Å². The number of pyridine rings is 1. The van der Waals surface area contributed by atoms with E-state index in [9.17, 15) is 0 Å². The van der Waals surface area contributed by atoms with Gasteiger partial charge in [-0.25, -0.2) is 10.8 Å². The van der Waals surface area contributed by atoms with Crippen molar-refractivity contribution in [3.63, 3.8) is 0 Å². The summed E-state index contributed by atoms with van der Waals surface area (Å²) in [6.45, 7) is 1.94. The van der Waals surface area contributed by atoms with E-state index >= 15 is 0 Å². The van der Waals surface area contributed by atoms with E-state index in [4.69, 9.17) is 5.84 Å². The number of halogens is 1. The average molecular weight is 202 g/mol. The smallest absolute Gasteiger partial charge is 0.143 e. The van der Waals surface area contributed by atoms with Crippen molar-refractivity contribution < 1.29 is 0 Å². The molecule has 1 aromatic heterocycles. The molecule has 0 fully saturated rings. The van der Waals surface area contributed by atoms with Crippen molar-refractivity contribution in [2.45, 2.75) is 6.92 Å². The maximum atomic E-state index is 5.19. The molecule has 1 aromatic rings. The van der Waals surface area contributed by atoms with Gasteiger partial charge in [0.15, 0.2) is 0 Å². The fraction of sp³-hybridized carbons (Fsp3) is 0.167. The minimum atomic E-state index is 0.703. The molecule has 0 atom stereocenters. The van der Waals surface area contributed by atoms with Crippen LogP contribution in [0.3, 0.4) is 0 Å². The summed E-state index contributed by atoms with van der Waals surface area (Å²) in [5, 5.41) is 0. The van der Waals surface area contributed by atoms with Gasteiger partial charge in [-0.2, -0.15) is 0 Å². The number of nitrogens with two attached hydrogens (primary N) is 1. The Morgan fingerprint density at radius 2 is 2.40 bits per heavy atom. The van der Waals surface area contributed by atoms with Crippen LogP contribution in [0.4, 0.5) is 5.82 Å². The van der Waals surface area contributed by atoms with E-state index in [0.717, 1.165) is 10.0 Å². The lowest BCUT2D eigenvalue weighted by Gasteiger charge is -2.03. The molecule has 1 heterocycles. The summed E-state index contributed by atoms with van der Waals surface area (Å²) in [6, 6.07) is 1.87. The van der Waals surface area contributed by atoms with Crippen LogP contribution in [0.15, 0.2) is 16.7 Å². The van der Waals surface area contributed by atoms with Gasteiger partial charge >= 0.3 is 0 Å². The van der Waals surface area contributed by atoms with Crippen LogP contribution >= 0.6 is 15.9 Å². The van der Waals surface area contributed by atoms with Gasteiger partial charge in [0.2, 0.25) is 0 Å². The zero-order valence-corrected chi connectivity index (χ0v) is 7.14. The van der Waals surface area contributed by atoms with Gasteiger partial charge in [0.25, 0.3) is 0 Å². The predicted molar refractivity (Wildman–Crippen MR) is 44.5 cm³/mol. The SMILES string of the molecule is Cc1c(Br)ccnc1NN. The number of nitrogens with zero attached hydrogens (tertiary/aromatic N) is 1. The molecule has 0 aromatic carbocycles. The number of nitrogen functional groups attached to an aromatic ring is 1. The van der Waals surface area contributed by atoms with Crippen LogP contribution in [0, 0.1) is 6.92 Å². The van der Waals surface area contributed by atoms with Gasteiger partial charge in [-0.1, -0.05) is 15.9 Å². The highest BCUT2D eigenvalue weighted by atomic mass is 79.9. The fourth-order valence-electron chi connectivity index (χ4n) is 0.658. The second kappa shape index (κ2) is 2.98. The Kier molecular flexibility index (Phi) is 2.24. The minimum Gasteiger partial charge on any atom is -0.308 e. The van der Waals surface area contributed by atoms with Crippen LogP contribution in [-0.2, 0) is 0 Å². The molecule has 54 valence electrons. The third-order valence-electron chi connectivity index (χ3n) is 1.27. The quantitative estimate of drug-likeness (QED) is 0.535. The van der Waals surface area contributed by atoms with Gasteiger partial charge in [0.05, 0.1) is 0 Å². The van der Waals surface area contributed by atoms with Crippen molar-refractivity contribution in [2.24, 2.45) is 5.84 Å². The van der Waals surface area contributed by atoms with Crippen LogP contribution in [0.5, 0.6) is 0 Å². The highest BCUT2D eigenvalue weighted by molar-refractivity contribution is 9.10. The summed E-state index contributed by atoms with van der Waals surface area (Å²) in [6.07, 6.45) is 1.69. The van der Waals surface area contributed by atoms with E-state index in [2.05, 4.69) is 26.3 Å². The lowest BCUT2D eigenvalue weighted by molar-refractivity contribution is 1.18. The molecule has 0 aliphatic rings. The van der Waals surface area contributed by atoms with Gasteiger partial charge in [0, 0.05) is 16.2 Å². The van der Waals surface area contributed by atoms with Crippen LogP contribution in [0.2, 0.25) is 0 Å². The zero-order valence-electron chi connectivity index (χ0n) is 5.56. The first kappa shape index (κ1) is 7.50. The van der Waals surface area contributed by atoms with E-state index in [1.54, 1.807) is 6.20 Å². The Morgan fingerprint density at radius 1 is 1.70 bits per heavy atom. The number of hydrogen-bond donors (Lipinski definition) is 2. The van der Waals surface area contributed by atoms with Crippen LogP contribution in [0.1, 0.15) is 5.56 Å². The summed E-state index contributed by atoms with van der Waals surface area (Å²) in [5.74, 6) is 5.89. The maximum Gasteiger partial charge on any atom is 0.143 e. The summed E-state index contributed by atoms with van der Waals surface area (Å²) in [5.41, 5.74) is 3.51. The number of anilines is 1. The van der Waals surface area contributed by atoms with Gasteiger partial charge in [-0.15, -0.1) is 0 Å². The van der Waals surface area contributed by atoms with E-state index in [-0.39, 0.29) is 0 Å². The first-order chi connectivity index (χ1) is 4.75. The van der Waals surface area contributed by atoms with Crippen LogP contribution in [-0.4, -0.2) is 4.98 Å². The molecule has 0 amide bonds. The third-order valence-corrected chi connectivity index (χ3v) is 2.13. The average Bonchev–Trinajstić information content (AvgIpc) is 1.95. The summed E-state index contributed by atoms with van der Waals surface area (Å²) in [4.78, 5) is 3.99. The van der Waals surface area contributed by atoms with Crippen molar-refractivity contribution >= 4 is 21.7 Å². The molecule has 10 heavy (non-hydrogen) atoms. The molecular weight excluding hydrogens is 194 g/mol. The topological polar surface area (TPSA) is 50.9 Å². The molecule has 0 aliphatic carbocycles. The fourth-order valence-corrected chi connectivity index (χ4v) is 0.964. The minimum absolute atomic E-state index is 0.703. The Labute approximate surface area is 67.7 Å². The number of hydrazine groups is 1. The van der Waals surface area contributed by atoms with Crippen molar-refractivity contribution in [3.05, 3.63) is 22.3 Å². The lowest BCUT2D eigenvalue weighted by Crippen LogP contribution is -2.09. The summed E-state index contributed by atoms with van der Waals surface area (Å²) < 4.78 is 1.01. The molecule has 0 aliphatic heterocycles. The first-order valence-corrected chi connectivity index (χ1v) is 3.62. The van der Waals surface area contributed by atoms with Gasteiger partial charge in [0.1, 0.15) is 5.82 Å². The normalized spacial score (nSPS) is 9.50. The summed E-state index contributed by atoms with van der Waals surface area (Å²) >= 11 is 3.35. The molecule has 0 saturated heterocycles. The maximum absolute atomic E-state index is 5.19. The van der Waals surface area contributed by atoms with Crippen molar-refractivity contribution in [3.8, 4) is 0 Å². The number of hydrogen-bond acceptors (Lipinski definition) is 3. The van der Waals surface area contributed by atoms with Crippen LogP contribution in [0.25, 0.3) is 0 Å². The van der Waals surface area contributed by atoms with Crippen LogP contribution < -0.4 is 11.3 Å². The third kappa shape index (κ3) is 1.27. The van der Waals surface area contributed by atoms with Gasteiger partial charge in [-0.05, 0) is 13.0 Å². The van der Waals surface area contributed by atoms with Crippen molar-refractivity contribution in [1.29, 1.82) is 0 Å². The summed E-state index contributed by atoms with van der Waals surface area (Å²) in [7, 11) is 0. The number of rotatable bonds is 1. The Hall–Kier alpha value is -0.610.